The molecule has 2 atom stereocenters. The van der Waals surface area contributed by atoms with E-state index in [2.05, 4.69) is 0 Å². The molecular formula is C23H20Cl2O6. The predicted octanol–water partition coefficient (Wildman–Crippen LogP) is 4.80. The van der Waals surface area contributed by atoms with Gasteiger partial charge in [0.15, 0.2) is 0 Å². The second kappa shape index (κ2) is 11.0. The zero-order valence-electron chi connectivity index (χ0n) is 16.3. The minimum Gasteiger partial charge on any atom is -0.474 e. The van der Waals surface area contributed by atoms with Gasteiger partial charge in [0, 0.05) is 15.6 Å². The second-order valence-corrected chi connectivity index (χ2v) is 7.42. The van der Waals surface area contributed by atoms with Crippen LogP contribution < -0.4 is 9.47 Å². The Morgan fingerprint density at radius 3 is 1.81 bits per heavy atom. The number of ether oxygens (including phenoxy) is 3. The van der Waals surface area contributed by atoms with Gasteiger partial charge in [-0.15, -0.1) is 0 Å². The second-order valence-electron chi connectivity index (χ2n) is 6.54. The Morgan fingerprint density at radius 1 is 0.806 bits per heavy atom. The smallest absolute Gasteiger partial charge is 0.352 e. The number of benzene rings is 3. The summed E-state index contributed by atoms with van der Waals surface area (Å²) in [6.07, 6.45) is -2.27. The fourth-order valence-corrected chi connectivity index (χ4v) is 2.81. The van der Waals surface area contributed by atoms with Crippen LogP contribution in [-0.2, 0) is 9.53 Å². The standard InChI is InChI=1S/C23H20Cl2O6/c24-16-3-9-20(10-4-16)30-19-7-1-15(2-8-19)22(23(28)29-14-18(27)13-26)31-21-11-5-17(25)6-12-21/h1-12,18,22,26-27H,13-14H2. The predicted molar refractivity (Wildman–Crippen MR) is 117 cm³/mol. The number of carbonyl (C=O) groups is 1. The average molecular weight is 463 g/mol. The number of esters is 1. The third-order valence-corrected chi connectivity index (χ3v) is 4.65. The van der Waals surface area contributed by atoms with Gasteiger partial charge >= 0.3 is 5.97 Å². The number of aliphatic hydroxyl groups excluding tert-OH is 2. The SMILES string of the molecule is O=C(OCC(O)CO)C(Oc1ccc(Cl)cc1)c1ccc(Oc2ccc(Cl)cc2)cc1. The molecule has 0 aromatic heterocycles. The molecule has 0 aliphatic heterocycles. The molecule has 0 heterocycles. The van der Waals surface area contributed by atoms with Crippen molar-refractivity contribution in [3.8, 4) is 17.2 Å². The zero-order chi connectivity index (χ0) is 22.2. The average Bonchev–Trinajstić information content (AvgIpc) is 2.79. The number of halogens is 2. The molecule has 3 aromatic rings. The molecule has 31 heavy (non-hydrogen) atoms. The molecule has 2 unspecified atom stereocenters. The molecule has 8 heteroatoms. The first-order chi connectivity index (χ1) is 14.9. The van der Waals surface area contributed by atoms with Gasteiger partial charge in [-0.05, 0) is 60.7 Å². The van der Waals surface area contributed by atoms with Crippen LogP contribution in [0.15, 0.2) is 72.8 Å². The van der Waals surface area contributed by atoms with Gasteiger partial charge in [-0.1, -0.05) is 35.3 Å². The van der Waals surface area contributed by atoms with Crippen molar-refractivity contribution in [3.05, 3.63) is 88.4 Å². The third-order valence-electron chi connectivity index (χ3n) is 4.14. The topological polar surface area (TPSA) is 85.2 Å². The first-order valence-corrected chi connectivity index (χ1v) is 10.1. The molecule has 3 aromatic carbocycles. The number of rotatable bonds is 9. The summed E-state index contributed by atoms with van der Waals surface area (Å²) in [6, 6.07) is 20.2. The van der Waals surface area contributed by atoms with Gasteiger partial charge in [0.1, 0.15) is 30.0 Å². The van der Waals surface area contributed by atoms with Crippen LogP contribution in [0.2, 0.25) is 10.0 Å². The maximum Gasteiger partial charge on any atom is 0.352 e. The Morgan fingerprint density at radius 2 is 1.29 bits per heavy atom. The highest BCUT2D eigenvalue weighted by Gasteiger charge is 2.25. The van der Waals surface area contributed by atoms with Crippen molar-refractivity contribution in [1.29, 1.82) is 0 Å². The van der Waals surface area contributed by atoms with Crippen LogP contribution >= 0.6 is 23.2 Å². The fourth-order valence-electron chi connectivity index (χ4n) is 2.56. The van der Waals surface area contributed by atoms with Gasteiger partial charge < -0.3 is 24.4 Å². The number of hydrogen-bond donors (Lipinski definition) is 2. The minimum absolute atomic E-state index is 0.354. The Labute approximate surface area is 189 Å². The van der Waals surface area contributed by atoms with Crippen molar-refractivity contribution in [1.82, 2.24) is 0 Å². The highest BCUT2D eigenvalue weighted by atomic mass is 35.5. The minimum atomic E-state index is -1.17. The molecule has 0 aliphatic rings. The van der Waals surface area contributed by atoms with Gasteiger partial charge in [0.2, 0.25) is 6.10 Å². The maximum atomic E-state index is 12.6. The van der Waals surface area contributed by atoms with Crippen LogP contribution in [0.5, 0.6) is 17.2 Å². The molecule has 0 aliphatic carbocycles. The summed E-state index contributed by atoms with van der Waals surface area (Å²) in [5.41, 5.74) is 0.516. The molecule has 0 bridgehead atoms. The van der Waals surface area contributed by atoms with Crippen LogP contribution in [0.25, 0.3) is 0 Å². The number of carbonyl (C=O) groups excluding carboxylic acids is 1. The zero-order valence-corrected chi connectivity index (χ0v) is 17.8. The molecule has 0 radical (unpaired) electrons. The highest BCUT2D eigenvalue weighted by Crippen LogP contribution is 2.28. The normalized spacial score (nSPS) is 12.6. The van der Waals surface area contributed by atoms with Crippen LogP contribution in [-0.4, -0.2) is 35.5 Å². The van der Waals surface area contributed by atoms with E-state index in [0.717, 1.165) is 0 Å². The van der Waals surface area contributed by atoms with E-state index in [1.807, 2.05) is 0 Å². The van der Waals surface area contributed by atoms with E-state index < -0.39 is 24.8 Å². The van der Waals surface area contributed by atoms with E-state index in [9.17, 15) is 9.90 Å². The molecule has 0 saturated heterocycles. The molecule has 0 saturated carbocycles. The number of aliphatic hydroxyl groups is 2. The molecular weight excluding hydrogens is 443 g/mol. The van der Waals surface area contributed by atoms with E-state index in [4.69, 9.17) is 42.5 Å². The fraction of sp³-hybridized carbons (Fsp3) is 0.174. The van der Waals surface area contributed by atoms with Crippen molar-refractivity contribution >= 4 is 29.2 Å². The van der Waals surface area contributed by atoms with E-state index in [1.165, 1.54) is 0 Å². The quantitative estimate of drug-likeness (QED) is 0.444. The first-order valence-electron chi connectivity index (χ1n) is 9.36. The Kier molecular flexibility index (Phi) is 8.14. The summed E-state index contributed by atoms with van der Waals surface area (Å²) in [4.78, 5) is 12.6. The molecule has 162 valence electrons. The molecule has 0 spiro atoms. The summed E-state index contributed by atoms with van der Waals surface area (Å²) < 4.78 is 16.7. The summed E-state index contributed by atoms with van der Waals surface area (Å²) in [5, 5.41) is 19.5. The summed E-state index contributed by atoms with van der Waals surface area (Å²) >= 11 is 11.8. The third kappa shape index (κ3) is 6.87. The van der Waals surface area contributed by atoms with Gasteiger partial charge in [0.25, 0.3) is 0 Å². The van der Waals surface area contributed by atoms with E-state index >= 15 is 0 Å². The molecule has 0 fully saturated rings. The van der Waals surface area contributed by atoms with Gasteiger partial charge in [-0.3, -0.25) is 0 Å². The lowest BCUT2D eigenvalue weighted by molar-refractivity contribution is -0.156. The highest BCUT2D eigenvalue weighted by molar-refractivity contribution is 6.30. The lowest BCUT2D eigenvalue weighted by atomic mass is 10.1. The van der Waals surface area contributed by atoms with Crippen LogP contribution in [0.1, 0.15) is 11.7 Å². The first kappa shape index (κ1) is 22.9. The van der Waals surface area contributed by atoms with Crippen molar-refractivity contribution in [3.63, 3.8) is 0 Å². The summed E-state index contributed by atoms with van der Waals surface area (Å²) in [7, 11) is 0. The van der Waals surface area contributed by atoms with Crippen molar-refractivity contribution in [2.75, 3.05) is 13.2 Å². The van der Waals surface area contributed by atoms with Crippen LogP contribution in [0, 0.1) is 0 Å². The Bertz CT molecular complexity index is 974. The Hall–Kier alpha value is -2.77. The summed E-state index contributed by atoms with van der Waals surface area (Å²) in [6.45, 7) is -0.875. The maximum absolute atomic E-state index is 12.6. The van der Waals surface area contributed by atoms with E-state index in [1.54, 1.807) is 72.8 Å². The van der Waals surface area contributed by atoms with Gasteiger partial charge in [-0.2, -0.15) is 0 Å². The monoisotopic (exact) mass is 462 g/mol. The summed E-state index contributed by atoms with van der Waals surface area (Å²) in [5.74, 6) is 0.869. The van der Waals surface area contributed by atoms with Crippen molar-refractivity contribution in [2.24, 2.45) is 0 Å². The van der Waals surface area contributed by atoms with Crippen molar-refractivity contribution < 1.29 is 29.2 Å². The van der Waals surface area contributed by atoms with Gasteiger partial charge in [-0.25, -0.2) is 4.79 Å². The molecule has 3 rings (SSSR count). The largest absolute Gasteiger partial charge is 0.474 e. The van der Waals surface area contributed by atoms with Crippen LogP contribution in [0.3, 0.4) is 0 Å². The lowest BCUT2D eigenvalue weighted by Gasteiger charge is -2.19. The Balaban J connectivity index is 1.77. The molecule has 0 amide bonds. The molecule has 2 N–H and O–H groups in total. The van der Waals surface area contributed by atoms with E-state index in [0.29, 0.717) is 32.9 Å². The van der Waals surface area contributed by atoms with Crippen LogP contribution in [0.4, 0.5) is 0 Å². The van der Waals surface area contributed by atoms with Crippen molar-refractivity contribution in [2.45, 2.75) is 12.2 Å². The van der Waals surface area contributed by atoms with Gasteiger partial charge in [0.05, 0.1) is 6.61 Å². The molecule has 6 nitrogen and oxygen atoms in total. The lowest BCUT2D eigenvalue weighted by Crippen LogP contribution is -2.27. The van der Waals surface area contributed by atoms with E-state index in [-0.39, 0.29) is 6.61 Å². The number of hydrogen-bond acceptors (Lipinski definition) is 6.